The smallest absolute Gasteiger partial charge is 0.261 e. The summed E-state index contributed by atoms with van der Waals surface area (Å²) >= 11 is 0. The van der Waals surface area contributed by atoms with E-state index < -0.39 is 6.10 Å². The molecular weight excluding hydrogens is 360 g/mol. The lowest BCUT2D eigenvalue weighted by Gasteiger charge is -2.32. The number of anilines is 1. The van der Waals surface area contributed by atoms with E-state index in [9.17, 15) is 4.79 Å². The molecule has 1 heterocycles. The van der Waals surface area contributed by atoms with Gasteiger partial charge in [-0.2, -0.15) is 0 Å². The first-order valence-corrected chi connectivity index (χ1v) is 10.7. The molecule has 1 fully saturated rings. The van der Waals surface area contributed by atoms with Crippen LogP contribution in [-0.2, 0) is 4.79 Å². The van der Waals surface area contributed by atoms with Gasteiger partial charge in [-0.1, -0.05) is 31.2 Å². The molecule has 1 saturated heterocycles. The van der Waals surface area contributed by atoms with E-state index in [1.165, 1.54) is 18.5 Å². The van der Waals surface area contributed by atoms with Crippen LogP contribution < -0.4 is 15.0 Å². The maximum absolute atomic E-state index is 12.6. The molecule has 3 rings (SSSR count). The third-order valence-corrected chi connectivity index (χ3v) is 5.92. The van der Waals surface area contributed by atoms with E-state index in [1.807, 2.05) is 39.0 Å². The second-order valence-electron chi connectivity index (χ2n) is 8.52. The molecule has 4 heteroatoms. The van der Waals surface area contributed by atoms with Gasteiger partial charge in [-0.25, -0.2) is 0 Å². The summed E-state index contributed by atoms with van der Waals surface area (Å²) in [5.41, 5.74) is 4.53. The van der Waals surface area contributed by atoms with Gasteiger partial charge in [0, 0.05) is 18.8 Å². The number of hydrogen-bond acceptors (Lipinski definition) is 3. The Bertz CT molecular complexity index is 823. The molecule has 1 aliphatic heterocycles. The number of benzene rings is 2. The summed E-state index contributed by atoms with van der Waals surface area (Å²) < 4.78 is 5.91. The number of rotatable bonds is 6. The molecule has 0 aromatic heterocycles. The van der Waals surface area contributed by atoms with E-state index in [2.05, 4.69) is 41.4 Å². The molecule has 0 spiro atoms. The standard InChI is InChI=1S/C25H34N2O2/c1-17-12-14-27(15-13-17)23-10-8-22(9-11-23)20(4)26-25(28)21(5)29-24-16-18(2)6-7-19(24)3/h6-11,16-17,20-21H,12-15H2,1-5H3,(H,26,28)/t20-,21+/m1/s1. The highest BCUT2D eigenvalue weighted by molar-refractivity contribution is 5.81. The number of nitrogens with zero attached hydrogens (tertiary/aromatic N) is 1. The Hall–Kier alpha value is -2.49. The minimum absolute atomic E-state index is 0.0671. The van der Waals surface area contributed by atoms with Gasteiger partial charge in [-0.3, -0.25) is 4.79 Å². The number of hydrogen-bond donors (Lipinski definition) is 1. The number of nitrogens with one attached hydrogen (secondary N) is 1. The van der Waals surface area contributed by atoms with E-state index in [0.717, 1.165) is 41.4 Å². The molecule has 0 aliphatic carbocycles. The zero-order valence-electron chi connectivity index (χ0n) is 18.4. The fraction of sp³-hybridized carbons (Fsp3) is 0.480. The van der Waals surface area contributed by atoms with Gasteiger partial charge < -0.3 is 15.0 Å². The fourth-order valence-corrected chi connectivity index (χ4v) is 3.73. The highest BCUT2D eigenvalue weighted by Crippen LogP contribution is 2.25. The Balaban J connectivity index is 1.56. The highest BCUT2D eigenvalue weighted by atomic mass is 16.5. The molecule has 0 bridgehead atoms. The zero-order chi connectivity index (χ0) is 21.0. The minimum Gasteiger partial charge on any atom is -0.481 e. The predicted octanol–water partition coefficient (Wildman–Crippen LogP) is 5.18. The normalized spacial score (nSPS) is 16.9. The number of aryl methyl sites for hydroxylation is 2. The lowest BCUT2D eigenvalue weighted by molar-refractivity contribution is -0.127. The zero-order valence-corrected chi connectivity index (χ0v) is 18.4. The first-order chi connectivity index (χ1) is 13.8. The van der Waals surface area contributed by atoms with Crippen molar-refractivity contribution in [3.8, 4) is 5.75 Å². The molecule has 0 saturated carbocycles. The lowest BCUT2D eigenvalue weighted by atomic mass is 9.98. The molecule has 2 aromatic carbocycles. The van der Waals surface area contributed by atoms with Crippen LogP contribution in [-0.4, -0.2) is 25.1 Å². The van der Waals surface area contributed by atoms with Crippen molar-refractivity contribution in [1.29, 1.82) is 0 Å². The third kappa shape index (κ3) is 5.53. The van der Waals surface area contributed by atoms with Crippen molar-refractivity contribution in [2.45, 2.75) is 59.6 Å². The van der Waals surface area contributed by atoms with Crippen LogP contribution in [0.4, 0.5) is 5.69 Å². The molecule has 156 valence electrons. The van der Waals surface area contributed by atoms with Crippen molar-refractivity contribution in [2.75, 3.05) is 18.0 Å². The molecule has 2 aromatic rings. The van der Waals surface area contributed by atoms with E-state index in [4.69, 9.17) is 4.74 Å². The van der Waals surface area contributed by atoms with Crippen LogP contribution in [0, 0.1) is 19.8 Å². The van der Waals surface area contributed by atoms with Gasteiger partial charge in [0.25, 0.3) is 5.91 Å². The van der Waals surface area contributed by atoms with Crippen molar-refractivity contribution in [3.05, 3.63) is 59.2 Å². The Morgan fingerprint density at radius 1 is 1.07 bits per heavy atom. The lowest BCUT2D eigenvalue weighted by Crippen LogP contribution is -2.38. The van der Waals surface area contributed by atoms with Gasteiger partial charge in [0.1, 0.15) is 5.75 Å². The Morgan fingerprint density at radius 3 is 2.38 bits per heavy atom. The van der Waals surface area contributed by atoms with Crippen LogP contribution in [0.25, 0.3) is 0 Å². The molecule has 1 amide bonds. The Labute approximate surface area is 175 Å². The number of carbonyl (C=O) groups is 1. The van der Waals surface area contributed by atoms with Gasteiger partial charge in [0.2, 0.25) is 0 Å². The van der Waals surface area contributed by atoms with Crippen LogP contribution >= 0.6 is 0 Å². The van der Waals surface area contributed by atoms with Crippen molar-refractivity contribution in [1.82, 2.24) is 5.32 Å². The van der Waals surface area contributed by atoms with Crippen molar-refractivity contribution >= 4 is 11.6 Å². The molecule has 0 radical (unpaired) electrons. The average molecular weight is 395 g/mol. The second kappa shape index (κ2) is 9.34. The van der Waals surface area contributed by atoms with Crippen LogP contribution in [0.1, 0.15) is 56.3 Å². The Kier molecular flexibility index (Phi) is 6.83. The minimum atomic E-state index is -0.549. The van der Waals surface area contributed by atoms with E-state index in [1.54, 1.807) is 6.92 Å². The van der Waals surface area contributed by atoms with Gasteiger partial charge in [-0.05, 0) is 81.3 Å². The molecular formula is C25H34N2O2. The van der Waals surface area contributed by atoms with Crippen molar-refractivity contribution in [3.63, 3.8) is 0 Å². The fourth-order valence-electron chi connectivity index (χ4n) is 3.73. The predicted molar refractivity (Wildman–Crippen MR) is 120 cm³/mol. The topological polar surface area (TPSA) is 41.6 Å². The monoisotopic (exact) mass is 394 g/mol. The number of piperidine rings is 1. The van der Waals surface area contributed by atoms with Crippen LogP contribution in [0.3, 0.4) is 0 Å². The van der Waals surface area contributed by atoms with Crippen LogP contribution in [0.5, 0.6) is 5.75 Å². The van der Waals surface area contributed by atoms with Gasteiger partial charge in [0.15, 0.2) is 6.10 Å². The van der Waals surface area contributed by atoms with Gasteiger partial charge in [-0.15, -0.1) is 0 Å². The maximum Gasteiger partial charge on any atom is 0.261 e. The summed E-state index contributed by atoms with van der Waals surface area (Å²) in [6.07, 6.45) is 1.96. The highest BCUT2D eigenvalue weighted by Gasteiger charge is 2.19. The third-order valence-electron chi connectivity index (χ3n) is 5.92. The summed E-state index contributed by atoms with van der Waals surface area (Å²) in [6, 6.07) is 14.5. The summed E-state index contributed by atoms with van der Waals surface area (Å²) in [5.74, 6) is 1.49. The van der Waals surface area contributed by atoms with E-state index >= 15 is 0 Å². The van der Waals surface area contributed by atoms with Gasteiger partial charge >= 0.3 is 0 Å². The number of ether oxygens (including phenoxy) is 1. The van der Waals surface area contributed by atoms with E-state index in [0.29, 0.717) is 0 Å². The van der Waals surface area contributed by atoms with Crippen LogP contribution in [0.2, 0.25) is 0 Å². The number of carbonyl (C=O) groups excluding carboxylic acids is 1. The first-order valence-electron chi connectivity index (χ1n) is 10.7. The summed E-state index contributed by atoms with van der Waals surface area (Å²) in [4.78, 5) is 15.1. The first kappa shape index (κ1) is 21.2. The molecule has 0 unspecified atom stereocenters. The van der Waals surface area contributed by atoms with Crippen molar-refractivity contribution < 1.29 is 9.53 Å². The average Bonchev–Trinajstić information content (AvgIpc) is 2.71. The SMILES string of the molecule is Cc1ccc(C)c(O[C@@H](C)C(=O)N[C@H](C)c2ccc(N3CCC(C)CC3)cc2)c1. The molecule has 2 atom stereocenters. The summed E-state index contributed by atoms with van der Waals surface area (Å²) in [7, 11) is 0. The maximum atomic E-state index is 12.6. The summed E-state index contributed by atoms with van der Waals surface area (Å²) in [5, 5.41) is 3.08. The Morgan fingerprint density at radius 2 is 1.72 bits per heavy atom. The summed E-state index contributed by atoms with van der Waals surface area (Å²) in [6.45, 7) is 12.4. The van der Waals surface area contributed by atoms with Crippen LogP contribution in [0.15, 0.2) is 42.5 Å². The van der Waals surface area contributed by atoms with E-state index in [-0.39, 0.29) is 11.9 Å². The quantitative estimate of drug-likeness (QED) is 0.733. The molecule has 1 N–H and O–H groups in total. The molecule has 29 heavy (non-hydrogen) atoms. The number of amides is 1. The second-order valence-corrected chi connectivity index (χ2v) is 8.52. The van der Waals surface area contributed by atoms with Gasteiger partial charge in [0.05, 0.1) is 6.04 Å². The largest absolute Gasteiger partial charge is 0.481 e. The molecule has 4 nitrogen and oxygen atoms in total. The van der Waals surface area contributed by atoms with Crippen molar-refractivity contribution in [2.24, 2.45) is 5.92 Å². The molecule has 1 aliphatic rings.